The number of carbonyl (C=O) groups is 1. The fraction of sp³-hybridized carbons (Fsp3) is 0.444. The third-order valence-corrected chi connectivity index (χ3v) is 10.3. The van der Waals surface area contributed by atoms with Gasteiger partial charge in [-0.1, -0.05) is 6.58 Å². The van der Waals surface area contributed by atoms with E-state index in [1.165, 1.54) is 12.1 Å². The quantitative estimate of drug-likeness (QED) is 0.378. The van der Waals surface area contributed by atoms with E-state index in [2.05, 4.69) is 11.3 Å². The molecule has 0 radical (unpaired) electrons. The third kappa shape index (κ3) is 5.65. The van der Waals surface area contributed by atoms with Crippen molar-refractivity contribution in [2.75, 3.05) is 21.7 Å². The smallest absolute Gasteiger partial charge is 0.326 e. The minimum atomic E-state index is -4.21. The summed E-state index contributed by atoms with van der Waals surface area (Å²) in [6, 6.07) is 2.55. The third-order valence-electron chi connectivity index (χ3n) is 7.49. The van der Waals surface area contributed by atoms with Crippen LogP contribution in [0.3, 0.4) is 0 Å². The van der Waals surface area contributed by atoms with Crippen molar-refractivity contribution in [1.82, 2.24) is 9.44 Å². The molecule has 0 aromatic heterocycles. The SMILES string of the molecule is C=C1CN(c2c(O)cc3c(c2F)CCC(C)(C)O3)S(=O)(=O)N1.CC1(C)CCc2cc(O)c(N3CC(=O)NS3(=O)=O)c(F)c2O1. The summed E-state index contributed by atoms with van der Waals surface area (Å²) in [7, 11) is -8.15. The average Bonchev–Trinajstić information content (AvgIpc) is 3.30. The molecule has 1 amide bonds. The van der Waals surface area contributed by atoms with Crippen LogP contribution in [0, 0.1) is 11.6 Å². The second-order valence-electron chi connectivity index (χ2n) is 12.1. The number of anilines is 2. The van der Waals surface area contributed by atoms with Crippen molar-refractivity contribution in [2.24, 2.45) is 0 Å². The van der Waals surface area contributed by atoms with Crippen molar-refractivity contribution < 1.29 is 50.1 Å². The van der Waals surface area contributed by atoms with E-state index in [0.717, 1.165) is 4.31 Å². The van der Waals surface area contributed by atoms with Crippen LogP contribution < -0.4 is 27.5 Å². The lowest BCUT2D eigenvalue weighted by atomic mass is 9.93. The van der Waals surface area contributed by atoms with E-state index >= 15 is 0 Å². The largest absolute Gasteiger partial charge is 0.506 e. The van der Waals surface area contributed by atoms with Gasteiger partial charge in [-0.25, -0.2) is 22.1 Å². The Morgan fingerprint density at radius 3 is 1.98 bits per heavy atom. The summed E-state index contributed by atoms with van der Waals surface area (Å²) in [5, 5.41) is 20.1. The normalized spacial score (nSPS) is 22.0. The maximum absolute atomic E-state index is 14.8. The predicted octanol–water partition coefficient (Wildman–Crippen LogP) is 2.62. The minimum absolute atomic E-state index is 0.0846. The van der Waals surface area contributed by atoms with Crippen LogP contribution in [0.1, 0.15) is 51.7 Å². The zero-order chi connectivity index (χ0) is 32.6. The fourth-order valence-corrected chi connectivity index (χ4v) is 7.75. The van der Waals surface area contributed by atoms with Crippen molar-refractivity contribution in [2.45, 2.75) is 64.6 Å². The molecule has 0 bridgehead atoms. The highest BCUT2D eigenvalue weighted by atomic mass is 32.2. The molecule has 240 valence electrons. The Hall–Kier alpha value is -3.99. The molecule has 4 heterocycles. The summed E-state index contributed by atoms with van der Waals surface area (Å²) < 4.78 is 93.7. The number of halogens is 2. The molecular formula is C27H32F2N4O9S2. The molecule has 0 unspecified atom stereocenters. The number of aryl methyl sites for hydroxylation is 1. The maximum Gasteiger partial charge on any atom is 0.326 e. The van der Waals surface area contributed by atoms with Crippen molar-refractivity contribution >= 4 is 37.7 Å². The molecule has 13 nitrogen and oxygen atoms in total. The molecule has 2 fully saturated rings. The van der Waals surface area contributed by atoms with E-state index < -0.39 is 72.9 Å². The second kappa shape index (κ2) is 10.3. The number of nitrogens with zero attached hydrogens (tertiary/aromatic N) is 2. The molecular weight excluding hydrogens is 626 g/mol. The zero-order valence-electron chi connectivity index (χ0n) is 24.3. The molecule has 17 heteroatoms. The zero-order valence-corrected chi connectivity index (χ0v) is 26.0. The Morgan fingerprint density at radius 1 is 0.841 bits per heavy atom. The number of ether oxygens (including phenoxy) is 2. The molecule has 0 spiro atoms. The number of rotatable bonds is 2. The summed E-state index contributed by atoms with van der Waals surface area (Å²) >= 11 is 0. The Labute approximate surface area is 253 Å². The first kappa shape index (κ1) is 31.4. The van der Waals surface area contributed by atoms with Gasteiger partial charge >= 0.3 is 20.4 Å². The lowest BCUT2D eigenvalue weighted by molar-refractivity contribution is -0.117. The average molecular weight is 659 g/mol. The van der Waals surface area contributed by atoms with Crippen LogP contribution in [-0.2, 0) is 38.1 Å². The number of phenols is 2. The number of phenolic OH excluding ortho intramolecular Hbond substituents is 2. The van der Waals surface area contributed by atoms with Crippen LogP contribution in [0.15, 0.2) is 24.4 Å². The Morgan fingerprint density at radius 2 is 1.39 bits per heavy atom. The summed E-state index contributed by atoms with van der Waals surface area (Å²) in [4.78, 5) is 11.3. The molecule has 4 aliphatic rings. The van der Waals surface area contributed by atoms with E-state index in [1.807, 2.05) is 13.8 Å². The van der Waals surface area contributed by atoms with Crippen molar-refractivity contribution in [3.8, 4) is 23.0 Å². The van der Waals surface area contributed by atoms with Gasteiger partial charge in [0.15, 0.2) is 17.4 Å². The summed E-state index contributed by atoms with van der Waals surface area (Å²) in [6.07, 6.45) is 2.14. The number of carbonyl (C=O) groups excluding carboxylic acids is 1. The van der Waals surface area contributed by atoms with Crippen LogP contribution in [0.25, 0.3) is 0 Å². The van der Waals surface area contributed by atoms with Crippen LogP contribution in [0.5, 0.6) is 23.0 Å². The van der Waals surface area contributed by atoms with Crippen molar-refractivity contribution in [3.63, 3.8) is 0 Å². The second-order valence-corrected chi connectivity index (χ2v) is 15.2. The molecule has 2 aromatic rings. The number of amides is 1. The number of aromatic hydroxyl groups is 2. The highest BCUT2D eigenvalue weighted by molar-refractivity contribution is 7.92. The lowest BCUT2D eigenvalue weighted by Gasteiger charge is -2.33. The van der Waals surface area contributed by atoms with Crippen LogP contribution in [0.4, 0.5) is 20.2 Å². The molecule has 0 atom stereocenters. The molecule has 4 aliphatic heterocycles. The molecule has 0 saturated carbocycles. The van der Waals surface area contributed by atoms with Gasteiger partial charge in [0, 0.05) is 22.9 Å². The van der Waals surface area contributed by atoms with Crippen LogP contribution in [-0.4, -0.2) is 57.2 Å². The highest BCUT2D eigenvalue weighted by Gasteiger charge is 2.41. The molecule has 4 N–H and O–H groups in total. The standard InChI is InChI=1S/C14H17FN2O4S.C13H15FN2O5S/c1-8-7-17(22(19,20)16-8)13-10(18)6-11-9(12(13)15)4-5-14(2,3)21-11;1-13(2)4-3-7-5-8(17)11(10(14)12(7)21-13)16-6-9(18)15-22(16,19)20/h6,16,18H,1,4-5,7H2,2-3H3;5,17H,3-4,6H2,1-2H3,(H,15,18). The van der Waals surface area contributed by atoms with Gasteiger partial charge in [0.05, 0.1) is 6.54 Å². The number of benzene rings is 2. The first-order valence-corrected chi connectivity index (χ1v) is 16.4. The van der Waals surface area contributed by atoms with Crippen molar-refractivity contribution in [1.29, 1.82) is 0 Å². The van der Waals surface area contributed by atoms with E-state index in [1.54, 1.807) is 18.6 Å². The van der Waals surface area contributed by atoms with Gasteiger partial charge in [-0.2, -0.15) is 16.8 Å². The molecule has 0 aliphatic carbocycles. The maximum atomic E-state index is 14.8. The molecule has 6 rings (SSSR count). The number of hydrogen-bond acceptors (Lipinski definition) is 9. The summed E-state index contributed by atoms with van der Waals surface area (Å²) in [5.41, 5.74) is -1.03. The highest BCUT2D eigenvalue weighted by Crippen LogP contribution is 2.46. The summed E-state index contributed by atoms with van der Waals surface area (Å²) in [6.45, 7) is 10.1. The van der Waals surface area contributed by atoms with Crippen molar-refractivity contribution in [3.05, 3.63) is 47.2 Å². The lowest BCUT2D eigenvalue weighted by Crippen LogP contribution is -2.34. The first-order valence-electron chi connectivity index (χ1n) is 13.5. The van der Waals surface area contributed by atoms with Crippen LogP contribution in [0.2, 0.25) is 0 Å². The molecule has 2 saturated heterocycles. The molecule has 44 heavy (non-hydrogen) atoms. The first-order chi connectivity index (χ1) is 20.2. The van der Waals surface area contributed by atoms with Gasteiger partial charge in [-0.05, 0) is 59.4 Å². The molecule has 2 aromatic carbocycles. The van der Waals surface area contributed by atoms with Gasteiger partial charge in [0.2, 0.25) is 0 Å². The Balaban J connectivity index is 0.000000175. The minimum Gasteiger partial charge on any atom is -0.506 e. The van der Waals surface area contributed by atoms with Gasteiger partial charge in [0.1, 0.15) is 46.4 Å². The number of hydrogen-bond donors (Lipinski definition) is 4. The Bertz CT molecular complexity index is 1810. The van der Waals surface area contributed by atoms with Crippen LogP contribution >= 0.6 is 0 Å². The van der Waals surface area contributed by atoms with Gasteiger partial charge < -0.3 is 19.7 Å². The fourth-order valence-electron chi connectivity index (χ4n) is 5.31. The van der Waals surface area contributed by atoms with E-state index in [4.69, 9.17) is 9.47 Å². The van der Waals surface area contributed by atoms with E-state index in [9.17, 15) is 40.6 Å². The summed E-state index contributed by atoms with van der Waals surface area (Å²) in [5.74, 6) is -3.41. The van der Waals surface area contributed by atoms with Gasteiger partial charge in [-0.15, -0.1) is 0 Å². The predicted molar refractivity (Wildman–Crippen MR) is 155 cm³/mol. The number of fused-ring (bicyclic) bond motifs is 2. The Kier molecular flexibility index (Phi) is 7.35. The monoisotopic (exact) mass is 658 g/mol. The van der Waals surface area contributed by atoms with E-state index in [-0.39, 0.29) is 35.0 Å². The van der Waals surface area contributed by atoms with Gasteiger partial charge in [0.25, 0.3) is 5.91 Å². The van der Waals surface area contributed by atoms with E-state index in [0.29, 0.717) is 35.6 Å². The topological polar surface area (TPSA) is 175 Å². The van der Waals surface area contributed by atoms with Gasteiger partial charge in [-0.3, -0.25) is 9.52 Å². The number of nitrogens with one attached hydrogen (secondary N) is 2.